The number of esters is 1. The summed E-state index contributed by atoms with van der Waals surface area (Å²) in [7, 11) is -4.21. The van der Waals surface area contributed by atoms with Crippen LogP contribution >= 0.6 is 7.82 Å². The van der Waals surface area contributed by atoms with Gasteiger partial charge in [-0.3, -0.25) is 9.32 Å². The molecule has 8 heteroatoms. The van der Waals surface area contributed by atoms with Crippen molar-refractivity contribution in [3.63, 3.8) is 0 Å². The SMILES string of the molecule is C[CH+]OP(=O)(O)OCC(O)COC(=O)CCCCCCC=CCC=CCC=CCCCCC. The largest absolute Gasteiger partial charge is 0.512 e. The Morgan fingerprint density at radius 2 is 1.48 bits per heavy atom. The molecule has 2 atom stereocenters. The summed E-state index contributed by atoms with van der Waals surface area (Å²) in [5.41, 5.74) is 0. The minimum Gasteiger partial charge on any atom is -0.463 e. The molecule has 2 unspecified atom stereocenters. The van der Waals surface area contributed by atoms with Crippen molar-refractivity contribution in [2.24, 2.45) is 0 Å². The van der Waals surface area contributed by atoms with Crippen LogP contribution < -0.4 is 0 Å². The number of aliphatic hydroxyl groups is 1. The molecule has 2 N–H and O–H groups in total. The van der Waals surface area contributed by atoms with E-state index in [0.717, 1.165) is 51.6 Å². The number of phosphoric ester groups is 1. The van der Waals surface area contributed by atoms with Crippen molar-refractivity contribution in [2.75, 3.05) is 13.2 Å². The monoisotopic (exact) mass is 487 g/mol. The Morgan fingerprint density at radius 3 is 2.09 bits per heavy atom. The van der Waals surface area contributed by atoms with Gasteiger partial charge in [0, 0.05) is 6.42 Å². The number of phosphoric acid groups is 1. The number of aliphatic hydroxyl groups excluding tert-OH is 1. The van der Waals surface area contributed by atoms with Gasteiger partial charge in [-0.25, -0.2) is 4.57 Å². The Kier molecular flexibility index (Phi) is 21.5. The standard InChI is InChI=1S/C25H43O7P/c1-3-5-6-7-8-9-10-11-12-13-14-15-16-17-18-19-20-21-25(27)30-22-24(26)23-32-33(28,29)31-4-2/h4,8-9,11-12,14-15,24,26H,3,5-7,10,13,16-23H2,1-2H3/p+1. The van der Waals surface area contributed by atoms with E-state index in [1.165, 1.54) is 32.6 Å². The van der Waals surface area contributed by atoms with Gasteiger partial charge >= 0.3 is 13.8 Å². The van der Waals surface area contributed by atoms with Gasteiger partial charge in [-0.1, -0.05) is 73.6 Å². The maximum atomic E-state index is 11.7. The van der Waals surface area contributed by atoms with Crippen LogP contribution in [0.1, 0.15) is 90.9 Å². The molecule has 0 radical (unpaired) electrons. The van der Waals surface area contributed by atoms with Crippen molar-refractivity contribution >= 4 is 13.8 Å². The van der Waals surface area contributed by atoms with Gasteiger partial charge in [-0.05, 0) is 44.9 Å². The fourth-order valence-corrected chi connectivity index (χ4v) is 3.52. The average molecular weight is 488 g/mol. The van der Waals surface area contributed by atoms with Crippen LogP contribution in [0.15, 0.2) is 36.5 Å². The van der Waals surface area contributed by atoms with Gasteiger partial charge < -0.3 is 14.7 Å². The molecule has 190 valence electrons. The zero-order valence-corrected chi connectivity index (χ0v) is 21.3. The van der Waals surface area contributed by atoms with E-state index in [1.807, 2.05) is 0 Å². The van der Waals surface area contributed by atoms with E-state index in [2.05, 4.69) is 52.4 Å². The van der Waals surface area contributed by atoms with Crippen molar-refractivity contribution < 1.29 is 33.1 Å². The Labute approximate surface area is 200 Å². The summed E-state index contributed by atoms with van der Waals surface area (Å²) in [6.07, 6.45) is 24.3. The lowest BCUT2D eigenvalue weighted by molar-refractivity contribution is -0.147. The smallest absolute Gasteiger partial charge is 0.463 e. The molecule has 0 aliphatic rings. The van der Waals surface area contributed by atoms with Crippen LogP contribution in [0, 0.1) is 6.61 Å². The van der Waals surface area contributed by atoms with Crippen LogP contribution in [-0.4, -0.2) is 35.3 Å². The molecule has 0 aromatic heterocycles. The molecule has 0 saturated heterocycles. The second-order valence-electron chi connectivity index (χ2n) is 7.78. The molecule has 0 aromatic carbocycles. The first-order valence-electron chi connectivity index (χ1n) is 12.1. The molecule has 0 bridgehead atoms. The molecule has 0 spiro atoms. The highest BCUT2D eigenvalue weighted by atomic mass is 31.2. The fraction of sp³-hybridized carbons (Fsp3) is 0.680. The Morgan fingerprint density at radius 1 is 0.909 bits per heavy atom. The van der Waals surface area contributed by atoms with Crippen LogP contribution in [0.4, 0.5) is 0 Å². The van der Waals surface area contributed by atoms with Gasteiger partial charge in [0.05, 0.1) is 6.61 Å². The maximum Gasteiger partial charge on any atom is 0.512 e. The first kappa shape index (κ1) is 31.6. The van der Waals surface area contributed by atoms with E-state index in [0.29, 0.717) is 0 Å². The molecule has 0 fully saturated rings. The van der Waals surface area contributed by atoms with E-state index in [9.17, 15) is 19.4 Å². The lowest BCUT2D eigenvalue weighted by atomic mass is 10.1. The topological polar surface area (TPSA) is 102 Å². The molecule has 7 nitrogen and oxygen atoms in total. The van der Waals surface area contributed by atoms with E-state index in [1.54, 1.807) is 0 Å². The molecule has 0 amide bonds. The highest BCUT2D eigenvalue weighted by Gasteiger charge is 2.27. The van der Waals surface area contributed by atoms with Crippen LogP contribution in [0.5, 0.6) is 0 Å². The van der Waals surface area contributed by atoms with E-state index in [-0.39, 0.29) is 13.0 Å². The lowest BCUT2D eigenvalue weighted by Crippen LogP contribution is -2.23. The molecule has 0 saturated carbocycles. The number of allylic oxidation sites excluding steroid dienone is 6. The summed E-state index contributed by atoms with van der Waals surface area (Å²) in [5, 5.41) is 9.64. The van der Waals surface area contributed by atoms with E-state index < -0.39 is 26.5 Å². The van der Waals surface area contributed by atoms with Crippen LogP contribution in [0.25, 0.3) is 0 Å². The van der Waals surface area contributed by atoms with Gasteiger partial charge in [0.1, 0.15) is 19.6 Å². The number of carbonyl (C=O) groups excluding carboxylic acids is 1. The number of hydrogen-bond acceptors (Lipinski definition) is 6. The van der Waals surface area contributed by atoms with Crippen LogP contribution in [0.3, 0.4) is 0 Å². The Balaban J connectivity index is 3.55. The minimum absolute atomic E-state index is 0.285. The summed E-state index contributed by atoms with van der Waals surface area (Å²) in [6.45, 7) is 3.92. The first-order valence-corrected chi connectivity index (χ1v) is 13.6. The average Bonchev–Trinajstić information content (AvgIpc) is 2.78. The number of hydrogen-bond donors (Lipinski definition) is 2. The summed E-state index contributed by atoms with van der Waals surface area (Å²) in [6, 6.07) is 0. The fourth-order valence-electron chi connectivity index (χ4n) is 2.83. The van der Waals surface area contributed by atoms with Crippen molar-refractivity contribution in [3.05, 3.63) is 43.1 Å². The molecule has 0 rings (SSSR count). The summed E-state index contributed by atoms with van der Waals surface area (Å²) in [5.74, 6) is -0.401. The number of unbranched alkanes of at least 4 members (excludes halogenated alkanes) is 7. The number of ether oxygens (including phenoxy) is 1. The highest BCUT2D eigenvalue weighted by molar-refractivity contribution is 7.47. The van der Waals surface area contributed by atoms with Gasteiger partial charge in [0.15, 0.2) is 0 Å². The van der Waals surface area contributed by atoms with Crippen molar-refractivity contribution in [1.82, 2.24) is 0 Å². The van der Waals surface area contributed by atoms with Crippen molar-refractivity contribution in [3.8, 4) is 0 Å². The normalized spacial score (nSPS) is 14.8. The third-order valence-corrected chi connectivity index (χ3v) is 5.58. The Hall–Kier alpha value is -1.37. The minimum atomic E-state index is -4.21. The number of carbonyl (C=O) groups is 1. The molecule has 0 aliphatic carbocycles. The third-order valence-electron chi connectivity index (χ3n) is 4.63. The lowest BCUT2D eigenvalue weighted by Gasteiger charge is -2.12. The zero-order chi connectivity index (χ0) is 24.6. The summed E-state index contributed by atoms with van der Waals surface area (Å²) in [4.78, 5) is 20.9. The third kappa shape index (κ3) is 23.6. The van der Waals surface area contributed by atoms with Gasteiger partial charge in [-0.15, -0.1) is 0 Å². The molecule has 0 aromatic rings. The van der Waals surface area contributed by atoms with Crippen LogP contribution in [-0.2, 0) is 23.1 Å². The number of rotatable bonds is 22. The van der Waals surface area contributed by atoms with E-state index >= 15 is 0 Å². The van der Waals surface area contributed by atoms with Crippen molar-refractivity contribution in [2.45, 2.75) is 97.0 Å². The molecule has 0 heterocycles. The van der Waals surface area contributed by atoms with Crippen LogP contribution in [0.2, 0.25) is 0 Å². The van der Waals surface area contributed by atoms with Gasteiger partial charge in [-0.2, -0.15) is 0 Å². The second kappa shape index (κ2) is 22.4. The van der Waals surface area contributed by atoms with Crippen molar-refractivity contribution in [1.29, 1.82) is 0 Å². The second-order valence-corrected chi connectivity index (χ2v) is 9.18. The molecule has 0 aliphatic heterocycles. The molecular formula is C25H44O7P+. The van der Waals surface area contributed by atoms with Gasteiger partial charge in [0.25, 0.3) is 0 Å². The molecule has 33 heavy (non-hydrogen) atoms. The zero-order valence-electron chi connectivity index (χ0n) is 20.4. The van der Waals surface area contributed by atoms with Gasteiger partial charge in [0.2, 0.25) is 6.61 Å². The maximum absolute atomic E-state index is 11.7. The molecular weight excluding hydrogens is 443 g/mol. The quantitative estimate of drug-likeness (QED) is 0.0585. The van der Waals surface area contributed by atoms with E-state index in [4.69, 9.17) is 4.74 Å². The summed E-state index contributed by atoms with van der Waals surface area (Å²) < 4.78 is 25.2. The highest BCUT2D eigenvalue weighted by Crippen LogP contribution is 2.43. The predicted molar refractivity (Wildman–Crippen MR) is 132 cm³/mol. The predicted octanol–water partition coefficient (Wildman–Crippen LogP) is 6.58. The first-order chi connectivity index (χ1) is 15.9. The summed E-state index contributed by atoms with van der Waals surface area (Å²) >= 11 is 0. The Bertz CT molecular complexity index is 602.